The first-order valence-corrected chi connectivity index (χ1v) is 11.5. The molecule has 3 N–H and O–H groups in total. The van der Waals surface area contributed by atoms with Crippen LogP contribution in [0.2, 0.25) is 0 Å². The highest BCUT2D eigenvalue weighted by Crippen LogP contribution is 2.22. The van der Waals surface area contributed by atoms with Gasteiger partial charge in [-0.15, -0.1) is 0 Å². The SMILES string of the molecule is Cc1ccc(S(=O)(=O)Nc2ccc(Nc3nc(C)cc(Nc4ccccc4)n3)cc2)cc1. The molecular weight excluding hydrogens is 422 g/mol. The van der Waals surface area contributed by atoms with Crippen molar-refractivity contribution in [1.82, 2.24) is 9.97 Å². The number of benzene rings is 3. The van der Waals surface area contributed by atoms with Crippen molar-refractivity contribution in [3.8, 4) is 0 Å². The first-order chi connectivity index (χ1) is 15.4. The fraction of sp³-hybridized carbons (Fsp3) is 0.0833. The van der Waals surface area contributed by atoms with Gasteiger partial charge < -0.3 is 10.6 Å². The van der Waals surface area contributed by atoms with Gasteiger partial charge in [-0.05, 0) is 62.4 Å². The molecule has 7 nitrogen and oxygen atoms in total. The second kappa shape index (κ2) is 9.07. The lowest BCUT2D eigenvalue weighted by Crippen LogP contribution is -2.12. The summed E-state index contributed by atoms with van der Waals surface area (Å²) in [7, 11) is -3.65. The zero-order chi connectivity index (χ0) is 22.6. The molecule has 0 unspecified atom stereocenters. The molecule has 1 aromatic heterocycles. The van der Waals surface area contributed by atoms with E-state index in [1.807, 2.05) is 50.2 Å². The molecule has 0 atom stereocenters. The molecule has 0 aliphatic carbocycles. The third kappa shape index (κ3) is 5.41. The van der Waals surface area contributed by atoms with Gasteiger partial charge in [0.25, 0.3) is 10.0 Å². The van der Waals surface area contributed by atoms with Crippen LogP contribution in [-0.4, -0.2) is 18.4 Å². The van der Waals surface area contributed by atoms with Crippen LogP contribution < -0.4 is 15.4 Å². The number of rotatable bonds is 7. The van der Waals surface area contributed by atoms with Crippen molar-refractivity contribution in [3.05, 3.63) is 96.2 Å². The van der Waals surface area contributed by atoms with Crippen molar-refractivity contribution in [2.45, 2.75) is 18.7 Å². The highest BCUT2D eigenvalue weighted by atomic mass is 32.2. The molecule has 4 aromatic rings. The minimum Gasteiger partial charge on any atom is -0.340 e. The minimum absolute atomic E-state index is 0.219. The van der Waals surface area contributed by atoms with Crippen molar-refractivity contribution in [2.24, 2.45) is 0 Å². The summed E-state index contributed by atoms with van der Waals surface area (Å²) >= 11 is 0. The van der Waals surface area contributed by atoms with Crippen LogP contribution in [0.3, 0.4) is 0 Å². The monoisotopic (exact) mass is 445 g/mol. The number of nitrogens with one attached hydrogen (secondary N) is 3. The quantitative estimate of drug-likeness (QED) is 0.353. The zero-order valence-corrected chi connectivity index (χ0v) is 18.5. The average molecular weight is 446 g/mol. The first-order valence-electron chi connectivity index (χ1n) is 10.0. The van der Waals surface area contributed by atoms with E-state index in [1.165, 1.54) is 0 Å². The van der Waals surface area contributed by atoms with E-state index in [1.54, 1.807) is 48.5 Å². The van der Waals surface area contributed by atoms with Crippen molar-refractivity contribution in [3.63, 3.8) is 0 Å². The van der Waals surface area contributed by atoms with E-state index < -0.39 is 10.0 Å². The van der Waals surface area contributed by atoms with Crippen molar-refractivity contribution in [1.29, 1.82) is 0 Å². The second-order valence-electron chi connectivity index (χ2n) is 7.33. The van der Waals surface area contributed by atoms with Gasteiger partial charge in [-0.1, -0.05) is 35.9 Å². The number of aromatic nitrogens is 2. The molecule has 0 bridgehead atoms. The highest BCUT2D eigenvalue weighted by Gasteiger charge is 2.13. The van der Waals surface area contributed by atoms with Crippen molar-refractivity contribution in [2.75, 3.05) is 15.4 Å². The van der Waals surface area contributed by atoms with Crippen LogP contribution >= 0.6 is 0 Å². The van der Waals surface area contributed by atoms with E-state index in [2.05, 4.69) is 25.3 Å². The van der Waals surface area contributed by atoms with Crippen LogP contribution in [0, 0.1) is 13.8 Å². The molecule has 8 heteroatoms. The van der Waals surface area contributed by atoms with Crippen LogP contribution in [0.15, 0.2) is 89.8 Å². The lowest BCUT2D eigenvalue weighted by Gasteiger charge is -2.11. The molecule has 0 radical (unpaired) electrons. The van der Waals surface area contributed by atoms with Crippen LogP contribution in [0.1, 0.15) is 11.3 Å². The number of nitrogens with zero attached hydrogens (tertiary/aromatic N) is 2. The molecule has 32 heavy (non-hydrogen) atoms. The predicted octanol–water partition coefficient (Wildman–Crippen LogP) is 5.38. The maximum atomic E-state index is 12.6. The standard InChI is InChI=1S/C24H23N5O2S/c1-17-8-14-22(15-9-17)32(30,31)29-21-12-10-20(11-13-21)27-24-25-18(2)16-23(28-24)26-19-6-4-3-5-7-19/h3-16,29H,1-2H3,(H2,25,26,27,28). The Kier molecular flexibility index (Phi) is 6.04. The van der Waals surface area contributed by atoms with Gasteiger partial charge in [-0.2, -0.15) is 4.98 Å². The molecule has 0 spiro atoms. The van der Waals surface area contributed by atoms with Crippen LogP contribution in [0.25, 0.3) is 0 Å². The van der Waals surface area contributed by atoms with Gasteiger partial charge in [0.2, 0.25) is 5.95 Å². The molecule has 0 fully saturated rings. The minimum atomic E-state index is -3.65. The van der Waals surface area contributed by atoms with E-state index in [9.17, 15) is 8.42 Å². The first kappa shape index (κ1) is 21.3. The van der Waals surface area contributed by atoms with Gasteiger partial charge >= 0.3 is 0 Å². The topological polar surface area (TPSA) is 96.0 Å². The third-order valence-electron chi connectivity index (χ3n) is 4.62. The summed E-state index contributed by atoms with van der Waals surface area (Å²) in [6.07, 6.45) is 0. The lowest BCUT2D eigenvalue weighted by molar-refractivity contribution is 0.601. The molecule has 0 saturated carbocycles. The summed E-state index contributed by atoms with van der Waals surface area (Å²) in [6.45, 7) is 3.81. The van der Waals surface area contributed by atoms with E-state index in [0.29, 0.717) is 17.5 Å². The summed E-state index contributed by atoms with van der Waals surface area (Å²) in [5.74, 6) is 1.12. The van der Waals surface area contributed by atoms with Gasteiger partial charge in [-0.25, -0.2) is 13.4 Å². The number of anilines is 5. The summed E-state index contributed by atoms with van der Waals surface area (Å²) in [5, 5.41) is 6.42. The number of aryl methyl sites for hydroxylation is 2. The number of hydrogen-bond acceptors (Lipinski definition) is 6. The Morgan fingerprint density at radius 2 is 1.31 bits per heavy atom. The van der Waals surface area contributed by atoms with Gasteiger partial charge in [0.05, 0.1) is 4.90 Å². The molecule has 0 aliphatic heterocycles. The molecule has 3 aromatic carbocycles. The highest BCUT2D eigenvalue weighted by molar-refractivity contribution is 7.92. The molecule has 0 amide bonds. The summed E-state index contributed by atoms with van der Waals surface area (Å²) in [6, 6.07) is 25.2. The van der Waals surface area contributed by atoms with Gasteiger partial charge in [0.1, 0.15) is 5.82 Å². The Bertz CT molecular complexity index is 1310. The van der Waals surface area contributed by atoms with Gasteiger partial charge in [0.15, 0.2) is 0 Å². The van der Waals surface area contributed by atoms with Crippen LogP contribution in [0.5, 0.6) is 0 Å². The molecule has 0 aliphatic rings. The van der Waals surface area contributed by atoms with E-state index in [4.69, 9.17) is 0 Å². The number of para-hydroxylation sites is 1. The molecule has 0 saturated heterocycles. The van der Waals surface area contributed by atoms with Crippen molar-refractivity contribution < 1.29 is 8.42 Å². The normalized spacial score (nSPS) is 11.1. The Hall–Kier alpha value is -3.91. The Morgan fingerprint density at radius 1 is 0.688 bits per heavy atom. The Labute approximate surface area is 187 Å². The summed E-state index contributed by atoms with van der Waals surface area (Å²) in [4.78, 5) is 9.15. The molecule has 4 rings (SSSR count). The van der Waals surface area contributed by atoms with Crippen molar-refractivity contribution >= 4 is 38.9 Å². The summed E-state index contributed by atoms with van der Waals surface area (Å²) < 4.78 is 27.7. The van der Waals surface area contributed by atoms with Gasteiger partial charge in [0, 0.05) is 28.8 Å². The van der Waals surface area contributed by atoms with Crippen LogP contribution in [-0.2, 0) is 10.0 Å². The largest absolute Gasteiger partial charge is 0.340 e. The molecule has 162 valence electrons. The maximum absolute atomic E-state index is 12.6. The fourth-order valence-electron chi connectivity index (χ4n) is 3.04. The number of sulfonamides is 1. The lowest BCUT2D eigenvalue weighted by atomic mass is 10.2. The fourth-order valence-corrected chi connectivity index (χ4v) is 4.10. The maximum Gasteiger partial charge on any atom is 0.261 e. The Balaban J connectivity index is 1.46. The number of hydrogen-bond donors (Lipinski definition) is 3. The smallest absolute Gasteiger partial charge is 0.261 e. The van der Waals surface area contributed by atoms with Gasteiger partial charge in [-0.3, -0.25) is 4.72 Å². The van der Waals surface area contributed by atoms with Crippen LogP contribution in [0.4, 0.5) is 28.8 Å². The third-order valence-corrected chi connectivity index (χ3v) is 6.02. The zero-order valence-electron chi connectivity index (χ0n) is 17.7. The molecule has 1 heterocycles. The van der Waals surface area contributed by atoms with E-state index in [0.717, 1.165) is 22.6 Å². The Morgan fingerprint density at radius 3 is 2.00 bits per heavy atom. The average Bonchev–Trinajstić information content (AvgIpc) is 2.75. The van der Waals surface area contributed by atoms with E-state index in [-0.39, 0.29) is 4.90 Å². The summed E-state index contributed by atoms with van der Waals surface area (Å²) in [5.41, 5.74) is 3.94. The predicted molar refractivity (Wildman–Crippen MR) is 128 cm³/mol. The molecular formula is C24H23N5O2S. The second-order valence-corrected chi connectivity index (χ2v) is 9.01. The van der Waals surface area contributed by atoms with E-state index >= 15 is 0 Å².